The molecule has 1 aromatic rings. The van der Waals surface area contributed by atoms with Gasteiger partial charge >= 0.3 is 0 Å². The molecule has 4 nitrogen and oxygen atoms in total. The molecule has 5 heteroatoms. The van der Waals surface area contributed by atoms with E-state index in [9.17, 15) is 4.79 Å². The number of amides is 1. The molecule has 2 aliphatic heterocycles. The van der Waals surface area contributed by atoms with Crippen molar-refractivity contribution in [1.29, 1.82) is 0 Å². The van der Waals surface area contributed by atoms with Crippen LogP contribution in [0.4, 0.5) is 0 Å². The SMILES string of the molecule is C=C1NC(c2cccc(C)c2Cl)CC(=O)N1C1CCOCC1. The van der Waals surface area contributed by atoms with Crippen LogP contribution in [0.2, 0.25) is 5.02 Å². The zero-order chi connectivity index (χ0) is 15.7. The number of aryl methyl sites for hydroxylation is 1. The van der Waals surface area contributed by atoms with E-state index in [1.54, 1.807) is 0 Å². The predicted molar refractivity (Wildman–Crippen MR) is 86.5 cm³/mol. The normalized spacial score (nSPS) is 23.5. The minimum Gasteiger partial charge on any atom is -0.381 e. The third-order valence-corrected chi connectivity index (χ3v) is 4.95. The van der Waals surface area contributed by atoms with Crippen molar-refractivity contribution in [3.8, 4) is 0 Å². The lowest BCUT2D eigenvalue weighted by atomic mass is 9.97. The summed E-state index contributed by atoms with van der Waals surface area (Å²) in [7, 11) is 0. The average molecular weight is 321 g/mol. The second kappa shape index (κ2) is 6.31. The van der Waals surface area contributed by atoms with Crippen LogP contribution in [0.3, 0.4) is 0 Å². The smallest absolute Gasteiger partial charge is 0.230 e. The van der Waals surface area contributed by atoms with Crippen molar-refractivity contribution in [2.45, 2.75) is 38.3 Å². The molecule has 1 unspecified atom stereocenters. The average Bonchev–Trinajstić information content (AvgIpc) is 2.50. The van der Waals surface area contributed by atoms with E-state index in [0.29, 0.717) is 25.5 Å². The summed E-state index contributed by atoms with van der Waals surface area (Å²) in [5.41, 5.74) is 1.98. The third-order valence-electron chi connectivity index (χ3n) is 4.43. The first kappa shape index (κ1) is 15.4. The molecule has 118 valence electrons. The van der Waals surface area contributed by atoms with E-state index in [1.807, 2.05) is 30.0 Å². The molecule has 3 rings (SSSR count). The maximum absolute atomic E-state index is 12.6. The van der Waals surface area contributed by atoms with Gasteiger partial charge in [0.1, 0.15) is 5.82 Å². The van der Waals surface area contributed by atoms with Crippen molar-refractivity contribution < 1.29 is 9.53 Å². The fourth-order valence-corrected chi connectivity index (χ4v) is 3.50. The van der Waals surface area contributed by atoms with Crippen molar-refractivity contribution in [3.05, 3.63) is 46.7 Å². The Morgan fingerprint density at radius 2 is 2.09 bits per heavy atom. The molecule has 1 amide bonds. The van der Waals surface area contributed by atoms with Crippen LogP contribution in [0.25, 0.3) is 0 Å². The number of carbonyl (C=O) groups excluding carboxylic acids is 1. The molecule has 1 atom stereocenters. The van der Waals surface area contributed by atoms with Gasteiger partial charge in [-0.05, 0) is 30.9 Å². The molecule has 2 fully saturated rings. The van der Waals surface area contributed by atoms with E-state index in [0.717, 1.165) is 29.0 Å². The number of nitrogens with one attached hydrogen (secondary N) is 1. The van der Waals surface area contributed by atoms with Crippen LogP contribution < -0.4 is 5.32 Å². The van der Waals surface area contributed by atoms with Crippen molar-refractivity contribution >= 4 is 17.5 Å². The van der Waals surface area contributed by atoms with E-state index in [-0.39, 0.29) is 18.0 Å². The van der Waals surface area contributed by atoms with Crippen LogP contribution in [-0.4, -0.2) is 30.1 Å². The van der Waals surface area contributed by atoms with Crippen LogP contribution >= 0.6 is 11.6 Å². The lowest BCUT2D eigenvalue weighted by molar-refractivity contribution is -0.136. The standard InChI is InChI=1S/C17H21ClN2O2/c1-11-4-3-5-14(17(11)18)15-10-16(21)20(12(2)19-15)13-6-8-22-9-7-13/h3-5,13,15,19H,2,6-10H2,1H3. The van der Waals surface area contributed by atoms with Gasteiger partial charge in [-0.1, -0.05) is 36.4 Å². The summed E-state index contributed by atoms with van der Waals surface area (Å²) in [4.78, 5) is 14.4. The Balaban J connectivity index is 1.79. The topological polar surface area (TPSA) is 41.6 Å². The molecular weight excluding hydrogens is 300 g/mol. The van der Waals surface area contributed by atoms with Gasteiger partial charge < -0.3 is 10.1 Å². The molecule has 2 aliphatic rings. The van der Waals surface area contributed by atoms with Gasteiger partial charge in [-0.25, -0.2) is 0 Å². The van der Waals surface area contributed by atoms with Crippen molar-refractivity contribution in [1.82, 2.24) is 10.2 Å². The zero-order valence-corrected chi connectivity index (χ0v) is 13.5. The van der Waals surface area contributed by atoms with Gasteiger partial charge in [0.15, 0.2) is 0 Å². The molecule has 0 bridgehead atoms. The number of halogens is 1. The van der Waals surface area contributed by atoms with Gasteiger partial charge in [0.05, 0.1) is 12.5 Å². The van der Waals surface area contributed by atoms with Crippen LogP contribution in [0.5, 0.6) is 0 Å². The molecule has 1 N–H and O–H groups in total. The predicted octanol–water partition coefficient (Wildman–Crippen LogP) is 3.16. The van der Waals surface area contributed by atoms with Gasteiger partial charge in [0.2, 0.25) is 5.91 Å². The van der Waals surface area contributed by atoms with Crippen molar-refractivity contribution in [3.63, 3.8) is 0 Å². The summed E-state index contributed by atoms with van der Waals surface area (Å²) in [6.45, 7) is 7.44. The first-order valence-electron chi connectivity index (χ1n) is 7.68. The third kappa shape index (κ3) is 2.85. The largest absolute Gasteiger partial charge is 0.381 e. The van der Waals surface area contributed by atoms with Gasteiger partial charge in [-0.2, -0.15) is 0 Å². The quantitative estimate of drug-likeness (QED) is 0.910. The fraction of sp³-hybridized carbons (Fsp3) is 0.471. The van der Waals surface area contributed by atoms with Crippen LogP contribution in [0.15, 0.2) is 30.6 Å². The van der Waals surface area contributed by atoms with Crippen LogP contribution in [0, 0.1) is 6.92 Å². The van der Waals surface area contributed by atoms with Gasteiger partial charge in [-0.15, -0.1) is 0 Å². The molecule has 0 aliphatic carbocycles. The number of hydrogen-bond acceptors (Lipinski definition) is 3. The number of nitrogens with zero attached hydrogens (tertiary/aromatic N) is 1. The van der Waals surface area contributed by atoms with Crippen LogP contribution in [0.1, 0.15) is 36.4 Å². The second-order valence-corrected chi connectivity index (χ2v) is 6.31. The molecule has 2 heterocycles. The van der Waals surface area contributed by atoms with Gasteiger partial charge in [0, 0.05) is 24.3 Å². The molecule has 0 saturated carbocycles. The summed E-state index contributed by atoms with van der Waals surface area (Å²) in [6, 6.07) is 5.99. The summed E-state index contributed by atoms with van der Waals surface area (Å²) >= 11 is 6.40. The first-order chi connectivity index (χ1) is 10.6. The zero-order valence-electron chi connectivity index (χ0n) is 12.8. The molecular formula is C17H21ClN2O2. The van der Waals surface area contributed by atoms with E-state index in [4.69, 9.17) is 16.3 Å². The van der Waals surface area contributed by atoms with E-state index < -0.39 is 0 Å². The molecule has 1 aromatic carbocycles. The Bertz CT molecular complexity index is 578. The van der Waals surface area contributed by atoms with Crippen molar-refractivity contribution in [2.24, 2.45) is 0 Å². The Kier molecular flexibility index (Phi) is 4.41. The lowest BCUT2D eigenvalue weighted by Gasteiger charge is -2.41. The highest BCUT2D eigenvalue weighted by Crippen LogP contribution is 2.33. The summed E-state index contributed by atoms with van der Waals surface area (Å²) < 4.78 is 5.37. The maximum Gasteiger partial charge on any atom is 0.230 e. The monoisotopic (exact) mass is 320 g/mol. The molecule has 0 aromatic heterocycles. The van der Waals surface area contributed by atoms with E-state index >= 15 is 0 Å². The summed E-state index contributed by atoms with van der Waals surface area (Å²) in [6.07, 6.45) is 2.13. The van der Waals surface area contributed by atoms with Crippen molar-refractivity contribution in [2.75, 3.05) is 13.2 Å². The minimum absolute atomic E-state index is 0.108. The molecule has 0 spiro atoms. The summed E-state index contributed by atoms with van der Waals surface area (Å²) in [5.74, 6) is 0.781. The molecule has 22 heavy (non-hydrogen) atoms. The summed E-state index contributed by atoms with van der Waals surface area (Å²) in [5, 5.41) is 4.09. The molecule has 2 saturated heterocycles. The highest BCUT2D eigenvalue weighted by Gasteiger charge is 2.35. The maximum atomic E-state index is 12.6. The minimum atomic E-state index is -0.108. The Morgan fingerprint density at radius 3 is 2.77 bits per heavy atom. The van der Waals surface area contributed by atoms with Gasteiger partial charge in [0.25, 0.3) is 0 Å². The van der Waals surface area contributed by atoms with Crippen LogP contribution in [-0.2, 0) is 9.53 Å². The fourth-order valence-electron chi connectivity index (χ4n) is 3.24. The first-order valence-corrected chi connectivity index (χ1v) is 8.06. The van der Waals surface area contributed by atoms with E-state index in [1.165, 1.54) is 0 Å². The Morgan fingerprint density at radius 1 is 1.36 bits per heavy atom. The second-order valence-electron chi connectivity index (χ2n) is 5.93. The lowest BCUT2D eigenvalue weighted by Crippen LogP contribution is -2.51. The van der Waals surface area contributed by atoms with Gasteiger partial charge in [-0.3, -0.25) is 9.69 Å². The number of rotatable bonds is 2. The Hall–Kier alpha value is -1.52. The Labute approximate surface area is 136 Å². The number of carbonyl (C=O) groups is 1. The number of ether oxygens (including phenoxy) is 1. The number of hydrogen-bond donors (Lipinski definition) is 1. The molecule has 0 radical (unpaired) electrons. The van der Waals surface area contributed by atoms with E-state index in [2.05, 4.69) is 11.9 Å². The highest BCUT2D eigenvalue weighted by atomic mass is 35.5. The number of benzene rings is 1. The highest BCUT2D eigenvalue weighted by molar-refractivity contribution is 6.32.